The standard InChI is InChI=1S/C12H20N2OS/c1-3-4-5-6-7-9-8(2)10(11(13)15)12(14)16-9/h3-7,14H2,1-2H3,(H2,13,15). The summed E-state index contributed by atoms with van der Waals surface area (Å²) in [4.78, 5) is 12.4. The van der Waals surface area contributed by atoms with Gasteiger partial charge in [0.1, 0.15) is 0 Å². The first-order valence-electron chi connectivity index (χ1n) is 5.75. The van der Waals surface area contributed by atoms with Gasteiger partial charge < -0.3 is 11.5 Å². The molecule has 1 aromatic heterocycles. The number of nitrogens with two attached hydrogens (primary N) is 2. The van der Waals surface area contributed by atoms with Gasteiger partial charge in [-0.3, -0.25) is 4.79 Å². The molecule has 1 rings (SSSR count). The first kappa shape index (κ1) is 13.0. The highest BCUT2D eigenvalue weighted by atomic mass is 32.1. The Labute approximate surface area is 101 Å². The van der Waals surface area contributed by atoms with Crippen LogP contribution in [0.15, 0.2) is 0 Å². The van der Waals surface area contributed by atoms with Crippen LogP contribution < -0.4 is 11.5 Å². The third kappa shape index (κ3) is 2.98. The number of amides is 1. The molecular formula is C12H20N2OS. The molecule has 1 aromatic rings. The summed E-state index contributed by atoms with van der Waals surface area (Å²) in [7, 11) is 0. The average Bonchev–Trinajstić information content (AvgIpc) is 2.49. The minimum atomic E-state index is -0.411. The fraction of sp³-hybridized carbons (Fsp3) is 0.583. The van der Waals surface area contributed by atoms with E-state index in [4.69, 9.17) is 11.5 Å². The average molecular weight is 240 g/mol. The van der Waals surface area contributed by atoms with Crippen LogP contribution in [0.1, 0.15) is 53.4 Å². The maximum Gasteiger partial charge on any atom is 0.251 e. The molecule has 0 bridgehead atoms. The van der Waals surface area contributed by atoms with Gasteiger partial charge in [0.05, 0.1) is 10.6 Å². The normalized spacial score (nSPS) is 10.6. The van der Waals surface area contributed by atoms with Crippen LogP contribution in [-0.4, -0.2) is 5.91 Å². The first-order valence-corrected chi connectivity index (χ1v) is 6.57. The van der Waals surface area contributed by atoms with Crippen LogP contribution in [-0.2, 0) is 6.42 Å². The Hall–Kier alpha value is -1.03. The van der Waals surface area contributed by atoms with E-state index in [-0.39, 0.29) is 0 Å². The third-order valence-electron chi connectivity index (χ3n) is 2.78. The number of aryl methyl sites for hydroxylation is 1. The van der Waals surface area contributed by atoms with E-state index in [1.165, 1.54) is 35.5 Å². The number of primary amides is 1. The molecule has 0 spiro atoms. The van der Waals surface area contributed by atoms with Gasteiger partial charge in [-0.05, 0) is 25.3 Å². The SMILES string of the molecule is CCCCCCc1sc(N)c(C(N)=O)c1C. The van der Waals surface area contributed by atoms with Crippen LogP contribution in [0.5, 0.6) is 0 Å². The van der Waals surface area contributed by atoms with E-state index >= 15 is 0 Å². The predicted molar refractivity (Wildman–Crippen MR) is 69.8 cm³/mol. The van der Waals surface area contributed by atoms with Crippen LogP contribution in [0.2, 0.25) is 0 Å². The van der Waals surface area contributed by atoms with Crippen LogP contribution in [0.4, 0.5) is 5.00 Å². The highest BCUT2D eigenvalue weighted by Crippen LogP contribution is 2.31. The molecule has 0 aliphatic rings. The zero-order chi connectivity index (χ0) is 12.1. The van der Waals surface area contributed by atoms with Gasteiger partial charge in [0, 0.05) is 4.88 Å². The molecule has 90 valence electrons. The Morgan fingerprint density at radius 3 is 2.50 bits per heavy atom. The van der Waals surface area contributed by atoms with Gasteiger partial charge in [-0.25, -0.2) is 0 Å². The number of carbonyl (C=O) groups excluding carboxylic acids is 1. The van der Waals surface area contributed by atoms with Gasteiger partial charge in [0.25, 0.3) is 5.91 Å². The molecule has 0 aromatic carbocycles. The van der Waals surface area contributed by atoms with E-state index in [2.05, 4.69) is 6.92 Å². The van der Waals surface area contributed by atoms with E-state index in [9.17, 15) is 4.79 Å². The second kappa shape index (κ2) is 5.89. The second-order valence-electron chi connectivity index (χ2n) is 4.06. The van der Waals surface area contributed by atoms with Gasteiger partial charge in [-0.1, -0.05) is 26.2 Å². The lowest BCUT2D eigenvalue weighted by atomic mass is 10.1. The lowest BCUT2D eigenvalue weighted by Crippen LogP contribution is -2.13. The molecule has 0 saturated heterocycles. The quantitative estimate of drug-likeness (QED) is 0.751. The lowest BCUT2D eigenvalue weighted by molar-refractivity contribution is 0.100. The molecule has 1 heterocycles. The highest BCUT2D eigenvalue weighted by molar-refractivity contribution is 7.16. The monoisotopic (exact) mass is 240 g/mol. The van der Waals surface area contributed by atoms with E-state index in [0.29, 0.717) is 10.6 Å². The summed E-state index contributed by atoms with van der Waals surface area (Å²) >= 11 is 1.50. The number of carbonyl (C=O) groups is 1. The van der Waals surface area contributed by atoms with Crippen molar-refractivity contribution in [3.8, 4) is 0 Å². The van der Waals surface area contributed by atoms with E-state index in [1.807, 2.05) is 6.92 Å². The molecule has 1 amide bonds. The van der Waals surface area contributed by atoms with Crippen molar-refractivity contribution in [3.63, 3.8) is 0 Å². The maximum absolute atomic E-state index is 11.2. The molecule has 16 heavy (non-hydrogen) atoms. The Morgan fingerprint density at radius 2 is 2.00 bits per heavy atom. The van der Waals surface area contributed by atoms with Crippen molar-refractivity contribution in [1.82, 2.24) is 0 Å². The maximum atomic E-state index is 11.2. The third-order valence-corrected chi connectivity index (χ3v) is 3.96. The predicted octanol–water partition coefficient (Wildman–Crippen LogP) is 2.86. The summed E-state index contributed by atoms with van der Waals surface area (Å²) in [5.41, 5.74) is 12.6. The number of unbranched alkanes of at least 4 members (excludes halogenated alkanes) is 3. The van der Waals surface area contributed by atoms with Crippen molar-refractivity contribution in [1.29, 1.82) is 0 Å². The fourth-order valence-corrected chi connectivity index (χ4v) is 2.96. The molecule has 0 aliphatic carbocycles. The van der Waals surface area contributed by atoms with Crippen molar-refractivity contribution in [2.45, 2.75) is 46.0 Å². The smallest absolute Gasteiger partial charge is 0.251 e. The number of thiophene rings is 1. The summed E-state index contributed by atoms with van der Waals surface area (Å²) in [5, 5.41) is 0.565. The van der Waals surface area contributed by atoms with Gasteiger partial charge in [0.2, 0.25) is 0 Å². The van der Waals surface area contributed by atoms with Crippen molar-refractivity contribution >= 4 is 22.2 Å². The van der Waals surface area contributed by atoms with E-state index < -0.39 is 5.91 Å². The van der Waals surface area contributed by atoms with Gasteiger partial charge >= 0.3 is 0 Å². The molecule has 0 radical (unpaired) electrons. The minimum Gasteiger partial charge on any atom is -0.390 e. The minimum absolute atomic E-state index is 0.411. The molecule has 0 atom stereocenters. The van der Waals surface area contributed by atoms with Crippen molar-refractivity contribution < 1.29 is 4.79 Å². The number of hydrogen-bond acceptors (Lipinski definition) is 3. The van der Waals surface area contributed by atoms with Crippen LogP contribution in [0.3, 0.4) is 0 Å². The van der Waals surface area contributed by atoms with E-state index in [1.54, 1.807) is 0 Å². The lowest BCUT2D eigenvalue weighted by Gasteiger charge is -2.00. The number of anilines is 1. The molecule has 0 fully saturated rings. The van der Waals surface area contributed by atoms with Crippen molar-refractivity contribution in [2.75, 3.05) is 5.73 Å². The Morgan fingerprint density at radius 1 is 1.31 bits per heavy atom. The topological polar surface area (TPSA) is 69.1 Å². The van der Waals surface area contributed by atoms with E-state index in [0.717, 1.165) is 18.4 Å². The molecule has 0 aliphatic heterocycles. The number of rotatable bonds is 6. The summed E-state index contributed by atoms with van der Waals surface area (Å²) in [6.07, 6.45) is 5.90. The molecule has 3 nitrogen and oxygen atoms in total. The number of nitrogen functional groups attached to an aromatic ring is 1. The summed E-state index contributed by atoms with van der Waals surface area (Å²) in [6, 6.07) is 0. The van der Waals surface area contributed by atoms with Crippen LogP contribution >= 0.6 is 11.3 Å². The summed E-state index contributed by atoms with van der Waals surface area (Å²) in [6.45, 7) is 4.13. The van der Waals surface area contributed by atoms with Gasteiger partial charge in [0.15, 0.2) is 0 Å². The summed E-state index contributed by atoms with van der Waals surface area (Å²) in [5.74, 6) is -0.411. The Balaban J connectivity index is 2.67. The molecular weight excluding hydrogens is 220 g/mol. The number of hydrogen-bond donors (Lipinski definition) is 2. The van der Waals surface area contributed by atoms with Crippen molar-refractivity contribution in [2.24, 2.45) is 5.73 Å². The van der Waals surface area contributed by atoms with Crippen LogP contribution in [0.25, 0.3) is 0 Å². The molecule has 0 unspecified atom stereocenters. The van der Waals surface area contributed by atoms with Gasteiger partial charge in [-0.15, -0.1) is 11.3 Å². The molecule has 4 N–H and O–H groups in total. The summed E-state index contributed by atoms with van der Waals surface area (Å²) < 4.78 is 0. The highest BCUT2D eigenvalue weighted by Gasteiger charge is 2.16. The second-order valence-corrected chi connectivity index (χ2v) is 5.20. The Kier molecular flexibility index (Phi) is 4.80. The zero-order valence-electron chi connectivity index (χ0n) is 10.0. The first-order chi connectivity index (χ1) is 7.57. The molecule has 0 saturated carbocycles. The fourth-order valence-electron chi connectivity index (χ4n) is 1.84. The van der Waals surface area contributed by atoms with Crippen molar-refractivity contribution in [3.05, 3.63) is 16.0 Å². The largest absolute Gasteiger partial charge is 0.390 e. The van der Waals surface area contributed by atoms with Crippen LogP contribution in [0, 0.1) is 6.92 Å². The Bertz CT molecular complexity index is 371. The molecule has 4 heteroatoms. The zero-order valence-corrected chi connectivity index (χ0v) is 10.8. The van der Waals surface area contributed by atoms with Gasteiger partial charge in [-0.2, -0.15) is 0 Å².